The van der Waals surface area contributed by atoms with Crippen molar-refractivity contribution < 1.29 is 5.11 Å². The molecule has 3 rings (SSSR count). The van der Waals surface area contributed by atoms with E-state index >= 15 is 0 Å². The number of rotatable bonds is 2. The van der Waals surface area contributed by atoms with Crippen LogP contribution in [-0.2, 0) is 5.41 Å². The highest BCUT2D eigenvalue weighted by atomic mass is 16.3. The van der Waals surface area contributed by atoms with Gasteiger partial charge < -0.3 is 10.1 Å². The first-order chi connectivity index (χ1) is 7.22. The lowest BCUT2D eigenvalue weighted by Crippen LogP contribution is -2.22. The summed E-state index contributed by atoms with van der Waals surface area (Å²) in [5, 5.41) is 11.0. The van der Waals surface area contributed by atoms with Crippen molar-refractivity contribution in [3.63, 3.8) is 0 Å². The number of fused-ring (bicyclic) bond motifs is 1. The number of nitrogens with one attached hydrogen (secondary N) is 1. The minimum atomic E-state index is -0.259. The molecule has 1 saturated carbocycles. The van der Waals surface area contributed by atoms with Gasteiger partial charge in [-0.2, -0.15) is 0 Å². The zero-order valence-corrected chi connectivity index (χ0v) is 8.83. The number of H-pyrrole nitrogens is 1. The van der Waals surface area contributed by atoms with Gasteiger partial charge in [-0.25, -0.2) is 0 Å². The van der Waals surface area contributed by atoms with Crippen LogP contribution in [0.1, 0.15) is 25.5 Å². The van der Waals surface area contributed by atoms with Crippen molar-refractivity contribution in [3.8, 4) is 0 Å². The molecule has 1 heterocycles. The average Bonchev–Trinajstić information content (AvgIpc) is 2.93. The van der Waals surface area contributed by atoms with Gasteiger partial charge in [-0.3, -0.25) is 0 Å². The van der Waals surface area contributed by atoms with Gasteiger partial charge in [-0.15, -0.1) is 0 Å². The molecule has 0 amide bonds. The minimum absolute atomic E-state index is 0.0129. The quantitative estimate of drug-likeness (QED) is 0.769. The zero-order valence-electron chi connectivity index (χ0n) is 8.83. The van der Waals surface area contributed by atoms with Gasteiger partial charge in [0, 0.05) is 16.6 Å². The van der Waals surface area contributed by atoms with Crippen LogP contribution < -0.4 is 0 Å². The third-order valence-electron chi connectivity index (χ3n) is 3.65. The second-order valence-corrected chi connectivity index (χ2v) is 4.60. The molecule has 1 aliphatic rings. The van der Waals surface area contributed by atoms with Gasteiger partial charge in [0.1, 0.15) is 0 Å². The molecule has 0 aliphatic heterocycles. The predicted octanol–water partition coefficient (Wildman–Crippen LogP) is 2.58. The molecular formula is C13H15NO. The molecule has 1 aromatic carbocycles. The third kappa shape index (κ3) is 1.21. The Hall–Kier alpha value is -1.28. The molecule has 1 atom stereocenters. The van der Waals surface area contributed by atoms with Crippen LogP contribution >= 0.6 is 0 Å². The summed E-state index contributed by atoms with van der Waals surface area (Å²) in [5.74, 6) is 0. The van der Waals surface area contributed by atoms with Crippen LogP contribution in [0.5, 0.6) is 0 Å². The molecule has 0 spiro atoms. The first-order valence-corrected chi connectivity index (χ1v) is 5.49. The summed E-state index contributed by atoms with van der Waals surface area (Å²) in [7, 11) is 0. The standard InChI is InChI=1S/C13H15NO/c1-9(15)13(6-7-13)12-8-10-4-2-3-5-11(10)14-12/h2-5,8-9,14-15H,6-7H2,1H3. The van der Waals surface area contributed by atoms with Crippen LogP contribution in [-0.4, -0.2) is 16.2 Å². The highest BCUT2D eigenvalue weighted by Crippen LogP contribution is 2.50. The van der Waals surface area contributed by atoms with Crippen molar-refractivity contribution in [1.82, 2.24) is 4.98 Å². The third-order valence-corrected chi connectivity index (χ3v) is 3.65. The van der Waals surface area contributed by atoms with Gasteiger partial charge in [-0.1, -0.05) is 18.2 Å². The number of benzene rings is 1. The lowest BCUT2D eigenvalue weighted by molar-refractivity contribution is 0.149. The fraction of sp³-hybridized carbons (Fsp3) is 0.385. The fourth-order valence-corrected chi connectivity index (χ4v) is 2.39. The van der Waals surface area contributed by atoms with E-state index in [2.05, 4.69) is 23.2 Å². The Bertz CT molecular complexity index is 461. The molecule has 0 bridgehead atoms. The van der Waals surface area contributed by atoms with E-state index in [1.54, 1.807) is 0 Å². The number of aromatic amines is 1. The van der Waals surface area contributed by atoms with Crippen molar-refractivity contribution in [2.24, 2.45) is 0 Å². The molecule has 2 nitrogen and oxygen atoms in total. The molecule has 0 saturated heterocycles. The van der Waals surface area contributed by atoms with Gasteiger partial charge in [0.2, 0.25) is 0 Å². The van der Waals surface area contributed by atoms with E-state index < -0.39 is 0 Å². The van der Waals surface area contributed by atoms with Crippen molar-refractivity contribution in [2.45, 2.75) is 31.3 Å². The Kier molecular flexibility index (Phi) is 1.71. The van der Waals surface area contributed by atoms with E-state index in [0.717, 1.165) is 12.8 Å². The van der Waals surface area contributed by atoms with Crippen LogP contribution in [0.4, 0.5) is 0 Å². The fourth-order valence-electron chi connectivity index (χ4n) is 2.39. The van der Waals surface area contributed by atoms with Crippen LogP contribution in [0.25, 0.3) is 10.9 Å². The number of hydrogen-bond donors (Lipinski definition) is 2. The smallest absolute Gasteiger partial charge is 0.0623 e. The molecule has 78 valence electrons. The summed E-state index contributed by atoms with van der Waals surface area (Å²) in [6, 6.07) is 10.4. The number of aliphatic hydroxyl groups is 1. The molecule has 1 unspecified atom stereocenters. The second kappa shape index (κ2) is 2.86. The Morgan fingerprint density at radius 2 is 2.07 bits per heavy atom. The van der Waals surface area contributed by atoms with E-state index in [9.17, 15) is 5.11 Å². The lowest BCUT2D eigenvalue weighted by Gasteiger charge is -2.16. The first-order valence-electron chi connectivity index (χ1n) is 5.49. The Balaban J connectivity index is 2.13. The lowest BCUT2D eigenvalue weighted by atomic mass is 9.96. The van der Waals surface area contributed by atoms with Crippen molar-refractivity contribution in [2.75, 3.05) is 0 Å². The second-order valence-electron chi connectivity index (χ2n) is 4.60. The molecule has 1 aliphatic carbocycles. The molecule has 1 fully saturated rings. The highest BCUT2D eigenvalue weighted by molar-refractivity contribution is 5.80. The SMILES string of the molecule is CC(O)C1(c2cc3ccccc3[nH]2)CC1. The largest absolute Gasteiger partial charge is 0.392 e. The van der Waals surface area contributed by atoms with E-state index in [1.807, 2.05) is 19.1 Å². The summed E-state index contributed by atoms with van der Waals surface area (Å²) < 4.78 is 0. The number of aliphatic hydroxyl groups excluding tert-OH is 1. The van der Waals surface area contributed by atoms with Crippen LogP contribution in [0.3, 0.4) is 0 Å². The Labute approximate surface area is 88.9 Å². The maximum Gasteiger partial charge on any atom is 0.0623 e. The highest BCUT2D eigenvalue weighted by Gasteiger charge is 2.49. The molecular weight excluding hydrogens is 186 g/mol. The van der Waals surface area contributed by atoms with E-state index in [0.29, 0.717) is 0 Å². The van der Waals surface area contributed by atoms with E-state index in [-0.39, 0.29) is 11.5 Å². The van der Waals surface area contributed by atoms with Crippen LogP contribution in [0.2, 0.25) is 0 Å². The average molecular weight is 201 g/mol. The molecule has 2 heteroatoms. The molecule has 0 radical (unpaired) electrons. The first kappa shape index (κ1) is 8.98. The van der Waals surface area contributed by atoms with Crippen molar-refractivity contribution >= 4 is 10.9 Å². The summed E-state index contributed by atoms with van der Waals surface area (Å²) in [5.41, 5.74) is 2.37. The number of para-hydroxylation sites is 1. The van der Waals surface area contributed by atoms with Crippen molar-refractivity contribution in [1.29, 1.82) is 0 Å². The monoisotopic (exact) mass is 201 g/mol. The predicted molar refractivity (Wildman–Crippen MR) is 60.9 cm³/mol. The van der Waals surface area contributed by atoms with Gasteiger partial charge in [0.05, 0.1) is 6.10 Å². The minimum Gasteiger partial charge on any atom is -0.392 e. The van der Waals surface area contributed by atoms with Crippen molar-refractivity contribution in [3.05, 3.63) is 36.0 Å². The van der Waals surface area contributed by atoms with E-state index in [4.69, 9.17) is 0 Å². The van der Waals surface area contributed by atoms with Gasteiger partial charge in [0.25, 0.3) is 0 Å². The summed E-state index contributed by atoms with van der Waals surface area (Å²) in [4.78, 5) is 3.42. The topological polar surface area (TPSA) is 36.0 Å². The molecule has 2 aromatic rings. The van der Waals surface area contributed by atoms with Gasteiger partial charge >= 0.3 is 0 Å². The van der Waals surface area contributed by atoms with Gasteiger partial charge in [0.15, 0.2) is 0 Å². The maximum atomic E-state index is 9.80. The van der Waals surface area contributed by atoms with Crippen LogP contribution in [0, 0.1) is 0 Å². The Morgan fingerprint density at radius 3 is 2.67 bits per heavy atom. The van der Waals surface area contributed by atoms with Crippen LogP contribution in [0.15, 0.2) is 30.3 Å². The number of hydrogen-bond acceptors (Lipinski definition) is 1. The normalized spacial score (nSPS) is 20.4. The van der Waals surface area contributed by atoms with E-state index in [1.165, 1.54) is 16.6 Å². The maximum absolute atomic E-state index is 9.80. The number of aromatic nitrogens is 1. The molecule has 1 aromatic heterocycles. The summed E-state index contributed by atoms with van der Waals surface area (Å²) in [6.07, 6.45) is 1.93. The summed E-state index contributed by atoms with van der Waals surface area (Å²) in [6.45, 7) is 1.89. The van der Waals surface area contributed by atoms with Gasteiger partial charge in [-0.05, 0) is 37.3 Å². The summed E-state index contributed by atoms with van der Waals surface area (Å²) >= 11 is 0. The molecule has 2 N–H and O–H groups in total. The Morgan fingerprint density at radius 1 is 1.33 bits per heavy atom. The zero-order chi connectivity index (χ0) is 10.5. The molecule has 15 heavy (non-hydrogen) atoms.